The van der Waals surface area contributed by atoms with Gasteiger partial charge in [-0.2, -0.15) is 0 Å². The molecule has 0 saturated carbocycles. The van der Waals surface area contributed by atoms with E-state index in [0.29, 0.717) is 13.0 Å². The van der Waals surface area contributed by atoms with Gasteiger partial charge in [-0.3, -0.25) is 10.2 Å². The smallest absolute Gasteiger partial charge is 0.234 e. The van der Waals surface area contributed by atoms with E-state index in [0.717, 1.165) is 19.3 Å². The molecule has 1 amide bonds. The fourth-order valence-corrected chi connectivity index (χ4v) is 0.946. The maximum atomic E-state index is 10.7. The molecule has 4 nitrogen and oxygen atoms in total. The third-order valence-electron chi connectivity index (χ3n) is 1.41. The molecule has 10 heavy (non-hydrogen) atoms. The summed E-state index contributed by atoms with van der Waals surface area (Å²) in [6, 6.07) is 0. The fraction of sp³-hybridized carbons (Fsp3) is 0.667. The zero-order chi connectivity index (χ0) is 7.40. The molecule has 1 heterocycles. The van der Waals surface area contributed by atoms with Crippen LogP contribution in [0.2, 0.25) is 0 Å². The maximum absolute atomic E-state index is 10.7. The topological polar surface area (TPSA) is 49.4 Å². The normalized spacial score (nSPS) is 20.2. The van der Waals surface area contributed by atoms with Crippen LogP contribution < -0.4 is 5.43 Å². The quantitative estimate of drug-likeness (QED) is 0.519. The molecule has 0 aromatic rings. The molecule has 0 unspecified atom stereocenters. The standard InChI is InChI=1S/C6H10N2O2/c9-5-4-8-3-1-2-6(10)7-8/h5H,1-4H2,(H,7,10). The molecule has 0 spiro atoms. The van der Waals surface area contributed by atoms with E-state index in [4.69, 9.17) is 0 Å². The van der Waals surface area contributed by atoms with E-state index in [-0.39, 0.29) is 5.91 Å². The largest absolute Gasteiger partial charge is 0.302 e. The zero-order valence-corrected chi connectivity index (χ0v) is 5.67. The van der Waals surface area contributed by atoms with E-state index in [1.807, 2.05) is 0 Å². The van der Waals surface area contributed by atoms with Gasteiger partial charge in [0.25, 0.3) is 0 Å². The highest BCUT2D eigenvalue weighted by atomic mass is 16.2. The first-order valence-corrected chi connectivity index (χ1v) is 3.31. The molecule has 0 aromatic heterocycles. The van der Waals surface area contributed by atoms with E-state index < -0.39 is 0 Å². The van der Waals surface area contributed by atoms with Crippen molar-refractivity contribution in [2.75, 3.05) is 13.1 Å². The van der Waals surface area contributed by atoms with Gasteiger partial charge in [0.05, 0.1) is 6.54 Å². The number of hydrazine groups is 1. The Bertz CT molecular complexity index is 147. The first kappa shape index (κ1) is 7.21. The summed E-state index contributed by atoms with van der Waals surface area (Å²) in [6.07, 6.45) is 2.21. The van der Waals surface area contributed by atoms with E-state index in [9.17, 15) is 9.59 Å². The molecule has 1 rings (SSSR count). The average molecular weight is 142 g/mol. The van der Waals surface area contributed by atoms with Crippen LogP contribution in [0.3, 0.4) is 0 Å². The number of rotatable bonds is 2. The van der Waals surface area contributed by atoms with Gasteiger partial charge < -0.3 is 4.79 Å². The summed E-state index contributed by atoms with van der Waals surface area (Å²) in [7, 11) is 0. The monoisotopic (exact) mass is 142 g/mol. The van der Waals surface area contributed by atoms with Crippen molar-refractivity contribution in [3.8, 4) is 0 Å². The maximum Gasteiger partial charge on any atom is 0.234 e. The molecule has 1 saturated heterocycles. The number of aldehydes is 1. The van der Waals surface area contributed by atoms with Gasteiger partial charge in [0.1, 0.15) is 6.29 Å². The fourth-order valence-electron chi connectivity index (χ4n) is 0.946. The number of carbonyl (C=O) groups is 2. The van der Waals surface area contributed by atoms with Crippen molar-refractivity contribution >= 4 is 12.2 Å². The van der Waals surface area contributed by atoms with Crippen LogP contribution in [-0.2, 0) is 9.59 Å². The zero-order valence-electron chi connectivity index (χ0n) is 5.67. The van der Waals surface area contributed by atoms with Crippen molar-refractivity contribution in [3.05, 3.63) is 0 Å². The van der Waals surface area contributed by atoms with Crippen molar-refractivity contribution in [1.29, 1.82) is 0 Å². The molecule has 0 aliphatic carbocycles. The van der Waals surface area contributed by atoms with Crippen molar-refractivity contribution in [2.45, 2.75) is 12.8 Å². The van der Waals surface area contributed by atoms with Crippen LogP contribution in [0, 0.1) is 0 Å². The third kappa shape index (κ3) is 1.80. The molecular formula is C6H10N2O2. The lowest BCUT2D eigenvalue weighted by Crippen LogP contribution is -2.47. The minimum atomic E-state index is 0.00750. The Kier molecular flexibility index (Phi) is 2.39. The number of hydrogen-bond donors (Lipinski definition) is 1. The van der Waals surface area contributed by atoms with Crippen LogP contribution in [0.5, 0.6) is 0 Å². The van der Waals surface area contributed by atoms with Crippen LogP contribution in [0.1, 0.15) is 12.8 Å². The third-order valence-corrected chi connectivity index (χ3v) is 1.41. The lowest BCUT2D eigenvalue weighted by atomic mass is 10.2. The molecule has 56 valence electrons. The molecular weight excluding hydrogens is 132 g/mol. The van der Waals surface area contributed by atoms with Crippen molar-refractivity contribution in [2.24, 2.45) is 0 Å². The van der Waals surface area contributed by atoms with Gasteiger partial charge in [0.15, 0.2) is 0 Å². The number of amides is 1. The SMILES string of the molecule is O=CCN1CCCC(=O)N1. The Morgan fingerprint density at radius 3 is 3.10 bits per heavy atom. The molecule has 0 radical (unpaired) electrons. The highest BCUT2D eigenvalue weighted by Crippen LogP contribution is 1.98. The summed E-state index contributed by atoms with van der Waals surface area (Å²) in [5, 5.41) is 1.62. The minimum Gasteiger partial charge on any atom is -0.302 e. The number of nitrogens with one attached hydrogen (secondary N) is 1. The summed E-state index contributed by atoms with van der Waals surface area (Å²) in [5.41, 5.74) is 2.58. The summed E-state index contributed by atoms with van der Waals surface area (Å²) >= 11 is 0. The molecule has 1 fully saturated rings. The molecule has 1 aliphatic rings. The van der Waals surface area contributed by atoms with Gasteiger partial charge in [0, 0.05) is 13.0 Å². The van der Waals surface area contributed by atoms with Crippen molar-refractivity contribution < 1.29 is 9.59 Å². The molecule has 0 aromatic carbocycles. The van der Waals surface area contributed by atoms with E-state index in [1.54, 1.807) is 5.01 Å². The minimum absolute atomic E-state index is 0.00750. The van der Waals surface area contributed by atoms with Gasteiger partial charge in [-0.1, -0.05) is 0 Å². The number of carbonyl (C=O) groups excluding carboxylic acids is 2. The highest BCUT2D eigenvalue weighted by Gasteiger charge is 2.13. The predicted molar refractivity (Wildman–Crippen MR) is 35.0 cm³/mol. The predicted octanol–water partition coefficient (Wildman–Crippen LogP) is -0.688. The van der Waals surface area contributed by atoms with Gasteiger partial charge in [-0.05, 0) is 6.42 Å². The molecule has 1 aliphatic heterocycles. The van der Waals surface area contributed by atoms with E-state index >= 15 is 0 Å². The highest BCUT2D eigenvalue weighted by molar-refractivity contribution is 5.76. The van der Waals surface area contributed by atoms with Crippen LogP contribution in [0.4, 0.5) is 0 Å². The number of nitrogens with zero attached hydrogens (tertiary/aromatic N) is 1. The van der Waals surface area contributed by atoms with Crippen molar-refractivity contribution in [1.82, 2.24) is 10.4 Å². The van der Waals surface area contributed by atoms with Crippen LogP contribution >= 0.6 is 0 Å². The molecule has 0 atom stereocenters. The Morgan fingerprint density at radius 2 is 2.50 bits per heavy atom. The first-order chi connectivity index (χ1) is 4.83. The van der Waals surface area contributed by atoms with E-state index in [1.165, 1.54) is 0 Å². The second-order valence-corrected chi connectivity index (χ2v) is 2.25. The van der Waals surface area contributed by atoms with Crippen LogP contribution in [-0.4, -0.2) is 30.3 Å². The molecule has 4 heteroatoms. The Morgan fingerprint density at radius 1 is 1.70 bits per heavy atom. The molecule has 0 bridgehead atoms. The lowest BCUT2D eigenvalue weighted by molar-refractivity contribution is -0.129. The first-order valence-electron chi connectivity index (χ1n) is 3.31. The van der Waals surface area contributed by atoms with Crippen LogP contribution in [0.25, 0.3) is 0 Å². The van der Waals surface area contributed by atoms with Crippen molar-refractivity contribution in [3.63, 3.8) is 0 Å². The second kappa shape index (κ2) is 3.31. The summed E-state index contributed by atoms with van der Waals surface area (Å²) in [5.74, 6) is 0.00750. The Hall–Kier alpha value is -0.900. The lowest BCUT2D eigenvalue weighted by Gasteiger charge is -2.24. The van der Waals surface area contributed by atoms with Gasteiger partial charge >= 0.3 is 0 Å². The summed E-state index contributed by atoms with van der Waals surface area (Å²) in [6.45, 7) is 1.08. The Balaban J connectivity index is 2.31. The van der Waals surface area contributed by atoms with E-state index in [2.05, 4.69) is 5.43 Å². The number of hydrogen-bond acceptors (Lipinski definition) is 3. The summed E-state index contributed by atoms with van der Waals surface area (Å²) in [4.78, 5) is 20.7. The molecule has 1 N–H and O–H groups in total. The van der Waals surface area contributed by atoms with Gasteiger partial charge in [0.2, 0.25) is 5.91 Å². The average Bonchev–Trinajstić information content (AvgIpc) is 1.88. The van der Waals surface area contributed by atoms with Crippen LogP contribution in [0.15, 0.2) is 0 Å². The summed E-state index contributed by atoms with van der Waals surface area (Å²) < 4.78 is 0. The van der Waals surface area contributed by atoms with Gasteiger partial charge in [-0.15, -0.1) is 0 Å². The van der Waals surface area contributed by atoms with Gasteiger partial charge in [-0.25, -0.2) is 5.01 Å². The Labute approximate surface area is 59.2 Å². The second-order valence-electron chi connectivity index (χ2n) is 2.25.